The summed E-state index contributed by atoms with van der Waals surface area (Å²) in [4.78, 5) is 19.4. The average Bonchev–Trinajstić information content (AvgIpc) is 4.27. The van der Waals surface area contributed by atoms with Crippen LogP contribution in [0, 0.1) is 0 Å². The first-order valence-corrected chi connectivity index (χ1v) is 26.7. The highest BCUT2D eigenvalue weighted by Gasteiger charge is 2.27. The van der Waals surface area contributed by atoms with E-state index in [0.29, 0.717) is 13.2 Å². The largest absolute Gasteiger partial charge is 0.489 e. The van der Waals surface area contributed by atoms with Gasteiger partial charge in [-0.05, 0) is 126 Å². The van der Waals surface area contributed by atoms with Crippen LogP contribution in [0.5, 0.6) is 11.5 Å². The van der Waals surface area contributed by atoms with Crippen LogP contribution in [0.2, 0.25) is 0 Å². The summed E-state index contributed by atoms with van der Waals surface area (Å²) in [7, 11) is 0. The second-order valence-electron chi connectivity index (χ2n) is 20.5. The quantitative estimate of drug-likeness (QED) is 0.114. The number of benzene rings is 7. The van der Waals surface area contributed by atoms with Crippen LogP contribution in [0.1, 0.15) is 30.2 Å². The molecule has 8 nitrogen and oxygen atoms in total. The van der Waals surface area contributed by atoms with Gasteiger partial charge in [0.1, 0.15) is 24.7 Å². The third-order valence-corrected chi connectivity index (χ3v) is 15.2. The summed E-state index contributed by atoms with van der Waals surface area (Å²) < 4.78 is 17.9. The fourth-order valence-corrected chi connectivity index (χ4v) is 11.2. The molecule has 1 aliphatic carbocycles. The van der Waals surface area contributed by atoms with Crippen molar-refractivity contribution in [1.29, 1.82) is 0 Å². The highest BCUT2D eigenvalue weighted by molar-refractivity contribution is 6.10. The van der Waals surface area contributed by atoms with Crippen LogP contribution in [0.3, 0.4) is 0 Å². The van der Waals surface area contributed by atoms with Crippen molar-refractivity contribution in [2.45, 2.75) is 32.0 Å². The molecule has 0 spiro atoms. The van der Waals surface area contributed by atoms with Gasteiger partial charge in [-0.15, -0.1) is 0 Å². The molecule has 1 aliphatic rings. The molecule has 378 valence electrons. The molecule has 8 heteroatoms. The molecule has 0 saturated carbocycles. The Morgan fingerprint density at radius 3 is 1.35 bits per heavy atom. The lowest BCUT2D eigenvalue weighted by Gasteiger charge is -2.27. The molecule has 7 aromatic carbocycles. The van der Waals surface area contributed by atoms with E-state index in [1.54, 1.807) is 0 Å². The predicted molar refractivity (Wildman–Crippen MR) is 320 cm³/mol. The number of aromatic nitrogens is 6. The molecule has 0 N–H and O–H groups in total. The molecule has 0 bridgehead atoms. The summed E-state index contributed by atoms with van der Waals surface area (Å²) in [6, 6.07) is 74.1. The Morgan fingerprint density at radius 2 is 0.873 bits per heavy atom. The van der Waals surface area contributed by atoms with Crippen LogP contribution in [-0.2, 0) is 18.6 Å². The summed E-state index contributed by atoms with van der Waals surface area (Å²) >= 11 is 0. The van der Waals surface area contributed by atoms with Gasteiger partial charge in [-0.25, -0.2) is 4.98 Å². The van der Waals surface area contributed by atoms with Gasteiger partial charge in [-0.2, -0.15) is 0 Å². The number of rotatable bonds is 13. The zero-order valence-corrected chi connectivity index (χ0v) is 43.4. The van der Waals surface area contributed by atoms with Gasteiger partial charge in [0.15, 0.2) is 0 Å². The monoisotopic (exact) mass is 1020 g/mol. The number of nitrogens with zero attached hydrogens (tertiary/aromatic N) is 6. The molecule has 1 atom stereocenters. The SMILES string of the molecule is CC1(c2cc(COc3ccc4c(c3)c3cnccc3n4-c3cccc(-c4cccc(-n5c6ccncc6c6cc(OCc7cc(-c8ccccc8)nc(-c8ccccc8)c7)ccc65)c4)c3)cc(-c3ccccc3)n2)C=CC=CC1. The van der Waals surface area contributed by atoms with Crippen LogP contribution in [0.4, 0.5) is 0 Å². The van der Waals surface area contributed by atoms with E-state index in [2.05, 4.69) is 220 Å². The molecule has 0 saturated heterocycles. The minimum Gasteiger partial charge on any atom is -0.489 e. The van der Waals surface area contributed by atoms with Crippen molar-refractivity contribution in [2.24, 2.45) is 0 Å². The van der Waals surface area contributed by atoms with E-state index in [4.69, 9.17) is 19.4 Å². The Balaban J connectivity index is 0.760. The zero-order chi connectivity index (χ0) is 52.7. The summed E-state index contributed by atoms with van der Waals surface area (Å²) in [6.45, 7) is 3.03. The Hall–Kier alpha value is -10.2. The van der Waals surface area contributed by atoms with Crippen molar-refractivity contribution in [3.8, 4) is 67.8 Å². The van der Waals surface area contributed by atoms with Gasteiger partial charge in [0, 0.05) is 79.8 Å². The van der Waals surface area contributed by atoms with Crippen LogP contribution < -0.4 is 9.47 Å². The van der Waals surface area contributed by atoms with Gasteiger partial charge in [0.05, 0.1) is 44.8 Å². The predicted octanol–water partition coefficient (Wildman–Crippen LogP) is 17.1. The molecular formula is C71H52N6O2. The lowest BCUT2D eigenvalue weighted by Crippen LogP contribution is -2.22. The average molecular weight is 1020 g/mol. The third kappa shape index (κ3) is 9.09. The van der Waals surface area contributed by atoms with Gasteiger partial charge in [0.2, 0.25) is 0 Å². The standard InChI is InChI=1S/C71H52N6O2/c1-71(32-12-5-13-33-71)70-39-49(38-65(75-70)52-20-10-4-11-21-52)47-79-58-27-29-67-60(43-58)62-45-73-35-31-69(62)77(67)56-25-15-23-54(41-56)53-22-14-24-55(40-53)76-66-28-26-57(42-59(66)61-44-72-34-30-68(61)76)78-46-48-36-63(50-16-6-2-7-17-50)74-64(37-48)51-18-8-3-9-19-51/h2-32,34-45H,33,46-47H2,1H3. The van der Waals surface area contributed by atoms with Crippen molar-refractivity contribution < 1.29 is 9.47 Å². The van der Waals surface area contributed by atoms with E-state index in [1.807, 2.05) is 67.3 Å². The Morgan fingerprint density at radius 1 is 0.418 bits per heavy atom. The minimum atomic E-state index is -0.208. The Bertz CT molecular complexity index is 4430. The van der Waals surface area contributed by atoms with E-state index in [1.165, 1.54) is 0 Å². The summed E-state index contributed by atoms with van der Waals surface area (Å²) in [5.74, 6) is 1.57. The van der Waals surface area contributed by atoms with E-state index >= 15 is 0 Å². The number of fused-ring (bicyclic) bond motifs is 6. The van der Waals surface area contributed by atoms with Crippen LogP contribution in [0.25, 0.3) is 99.9 Å². The molecule has 0 radical (unpaired) electrons. The van der Waals surface area contributed by atoms with Crippen molar-refractivity contribution in [1.82, 2.24) is 29.1 Å². The summed E-state index contributed by atoms with van der Waals surface area (Å²) in [6.07, 6.45) is 17.2. The van der Waals surface area contributed by atoms with Crippen molar-refractivity contribution >= 4 is 43.6 Å². The van der Waals surface area contributed by atoms with Gasteiger partial charge in [-0.1, -0.05) is 146 Å². The minimum absolute atomic E-state index is 0.208. The van der Waals surface area contributed by atoms with Crippen molar-refractivity contribution in [2.75, 3.05) is 0 Å². The molecule has 0 aliphatic heterocycles. The van der Waals surface area contributed by atoms with Crippen LogP contribution in [0.15, 0.2) is 261 Å². The summed E-state index contributed by atoms with van der Waals surface area (Å²) in [5, 5.41) is 4.24. The number of hydrogen-bond acceptors (Lipinski definition) is 6. The zero-order valence-electron chi connectivity index (χ0n) is 43.4. The first kappa shape index (κ1) is 47.3. The van der Waals surface area contributed by atoms with Gasteiger partial charge in [-0.3, -0.25) is 15.0 Å². The lowest BCUT2D eigenvalue weighted by molar-refractivity contribution is 0.306. The maximum absolute atomic E-state index is 6.67. The topological polar surface area (TPSA) is 79.9 Å². The maximum atomic E-state index is 6.67. The van der Waals surface area contributed by atoms with Gasteiger partial charge < -0.3 is 18.6 Å². The van der Waals surface area contributed by atoms with Gasteiger partial charge >= 0.3 is 0 Å². The van der Waals surface area contributed by atoms with Crippen molar-refractivity contribution in [3.05, 3.63) is 278 Å². The Kier molecular flexibility index (Phi) is 12.0. The normalized spacial score (nSPS) is 14.1. The fourth-order valence-electron chi connectivity index (χ4n) is 11.2. The highest BCUT2D eigenvalue weighted by Crippen LogP contribution is 2.39. The molecule has 6 aromatic heterocycles. The molecule has 0 fully saturated rings. The van der Waals surface area contributed by atoms with E-state index in [-0.39, 0.29) is 5.41 Å². The molecule has 0 amide bonds. The molecule has 14 rings (SSSR count). The van der Waals surface area contributed by atoms with Gasteiger partial charge in [0.25, 0.3) is 0 Å². The Labute approximate surface area is 457 Å². The summed E-state index contributed by atoms with van der Waals surface area (Å²) in [5.41, 5.74) is 17.5. The molecular weight excluding hydrogens is 969 g/mol. The molecule has 6 heterocycles. The number of ether oxygens (including phenoxy) is 2. The third-order valence-electron chi connectivity index (χ3n) is 15.2. The first-order valence-electron chi connectivity index (χ1n) is 26.7. The number of pyridine rings is 4. The highest BCUT2D eigenvalue weighted by atomic mass is 16.5. The van der Waals surface area contributed by atoms with E-state index in [9.17, 15) is 0 Å². The number of hydrogen-bond donors (Lipinski definition) is 0. The van der Waals surface area contributed by atoms with Crippen molar-refractivity contribution in [3.63, 3.8) is 0 Å². The van der Waals surface area contributed by atoms with Crippen LogP contribution >= 0.6 is 0 Å². The lowest BCUT2D eigenvalue weighted by atomic mass is 9.80. The second-order valence-corrected chi connectivity index (χ2v) is 20.5. The first-order chi connectivity index (χ1) is 39.0. The second kappa shape index (κ2) is 20.1. The molecule has 79 heavy (non-hydrogen) atoms. The molecule has 1 unspecified atom stereocenters. The van der Waals surface area contributed by atoms with E-state index < -0.39 is 0 Å². The number of allylic oxidation sites excluding steroid dienone is 4. The smallest absolute Gasteiger partial charge is 0.120 e. The van der Waals surface area contributed by atoms with E-state index in [0.717, 1.165) is 135 Å². The molecule has 13 aromatic rings. The maximum Gasteiger partial charge on any atom is 0.120 e. The van der Waals surface area contributed by atoms with Crippen LogP contribution in [-0.4, -0.2) is 29.1 Å². The fraction of sp³-hybridized carbons (Fsp3) is 0.0704.